The van der Waals surface area contributed by atoms with Gasteiger partial charge in [-0.15, -0.1) is 0 Å². The summed E-state index contributed by atoms with van der Waals surface area (Å²) in [5.41, 5.74) is 1.06. The Labute approximate surface area is 201 Å². The van der Waals surface area contributed by atoms with Crippen LogP contribution < -0.4 is 5.32 Å². The Bertz CT molecular complexity index is 1390. The van der Waals surface area contributed by atoms with Gasteiger partial charge in [0.05, 0.1) is 16.8 Å². The van der Waals surface area contributed by atoms with E-state index in [4.69, 9.17) is 4.74 Å². The van der Waals surface area contributed by atoms with E-state index in [1.165, 1.54) is 49.1 Å². The number of amides is 1. The van der Waals surface area contributed by atoms with E-state index in [1.807, 2.05) is 6.07 Å². The van der Waals surface area contributed by atoms with Crippen molar-refractivity contribution in [1.29, 1.82) is 5.26 Å². The number of benzene rings is 2. The number of para-hydroxylation sites is 1. The van der Waals surface area contributed by atoms with Crippen LogP contribution in [-0.2, 0) is 24.3 Å². The highest BCUT2D eigenvalue weighted by Crippen LogP contribution is 2.19. The lowest BCUT2D eigenvalue weighted by molar-refractivity contribution is -0.147. The van der Waals surface area contributed by atoms with Crippen LogP contribution in [0.25, 0.3) is 5.69 Å². The molecular formula is C23H21N5O6S. The highest BCUT2D eigenvalue weighted by atomic mass is 32.2. The number of nitriles is 1. The lowest BCUT2D eigenvalue weighted by atomic mass is 10.2. The molecule has 0 aliphatic rings. The molecule has 1 aromatic heterocycles. The van der Waals surface area contributed by atoms with E-state index < -0.39 is 35.1 Å². The zero-order chi connectivity index (χ0) is 25.6. The highest BCUT2D eigenvalue weighted by molar-refractivity contribution is 7.89. The summed E-state index contributed by atoms with van der Waals surface area (Å²) in [6.07, 6.45) is 1.29. The van der Waals surface area contributed by atoms with Gasteiger partial charge in [-0.25, -0.2) is 13.1 Å². The Balaban J connectivity index is 1.60. The summed E-state index contributed by atoms with van der Waals surface area (Å²) in [7, 11) is -2.84. The van der Waals surface area contributed by atoms with Crippen LogP contribution in [0.5, 0.6) is 0 Å². The molecular weight excluding hydrogens is 474 g/mol. The number of ether oxygens (including phenoxy) is 1. The fourth-order valence-electron chi connectivity index (χ4n) is 2.98. The van der Waals surface area contributed by atoms with Crippen LogP contribution in [0.15, 0.2) is 65.7 Å². The van der Waals surface area contributed by atoms with Gasteiger partial charge in [0.2, 0.25) is 10.0 Å². The standard InChI is InChI=1S/C23H21N5O6S/c1-16(29)17-8-10-20(11-9-17)35(32,33)27(2)14-22(31)34-15-21(30)26-23-18(12-24)13-25-28(23)19-6-4-3-5-7-19/h3-11,13H,14-15H2,1-2H3,(H,26,30). The second-order valence-electron chi connectivity index (χ2n) is 7.32. The van der Waals surface area contributed by atoms with Gasteiger partial charge in [0.25, 0.3) is 5.91 Å². The molecule has 0 saturated carbocycles. The van der Waals surface area contributed by atoms with Gasteiger partial charge in [-0.05, 0) is 31.2 Å². The van der Waals surface area contributed by atoms with Crippen molar-refractivity contribution in [3.8, 4) is 11.8 Å². The van der Waals surface area contributed by atoms with Crippen molar-refractivity contribution in [1.82, 2.24) is 14.1 Å². The zero-order valence-corrected chi connectivity index (χ0v) is 19.7. The zero-order valence-electron chi connectivity index (χ0n) is 18.8. The third-order valence-corrected chi connectivity index (χ3v) is 6.65. The molecule has 1 heterocycles. The summed E-state index contributed by atoms with van der Waals surface area (Å²) in [4.78, 5) is 35.8. The van der Waals surface area contributed by atoms with Gasteiger partial charge in [0.15, 0.2) is 18.2 Å². The number of aromatic nitrogens is 2. The molecule has 1 amide bonds. The normalized spacial score (nSPS) is 11.0. The Morgan fingerprint density at radius 1 is 1.11 bits per heavy atom. The second kappa shape index (κ2) is 10.7. The van der Waals surface area contributed by atoms with Crippen LogP contribution in [-0.4, -0.2) is 60.4 Å². The maximum Gasteiger partial charge on any atom is 0.321 e. The molecule has 0 aliphatic heterocycles. The predicted molar refractivity (Wildman–Crippen MR) is 124 cm³/mol. The molecule has 11 nitrogen and oxygen atoms in total. The van der Waals surface area contributed by atoms with Crippen molar-refractivity contribution in [3.05, 3.63) is 71.9 Å². The summed E-state index contributed by atoms with van der Waals surface area (Å²) in [6.45, 7) is 0.0126. The number of anilines is 1. The summed E-state index contributed by atoms with van der Waals surface area (Å²) in [5, 5.41) is 15.9. The third kappa shape index (κ3) is 5.97. The minimum atomic E-state index is -4.03. The number of rotatable bonds is 9. The second-order valence-corrected chi connectivity index (χ2v) is 9.36. The van der Waals surface area contributed by atoms with Crippen molar-refractivity contribution < 1.29 is 27.5 Å². The van der Waals surface area contributed by atoms with Crippen LogP contribution >= 0.6 is 0 Å². The molecule has 0 unspecified atom stereocenters. The van der Waals surface area contributed by atoms with Crippen molar-refractivity contribution >= 4 is 33.5 Å². The SMILES string of the molecule is CC(=O)c1ccc(S(=O)(=O)N(C)CC(=O)OCC(=O)Nc2c(C#N)cnn2-c2ccccc2)cc1. The number of carbonyl (C=O) groups is 3. The van der Waals surface area contributed by atoms with E-state index in [0.717, 1.165) is 4.31 Å². The molecule has 12 heteroatoms. The maximum absolute atomic E-state index is 12.7. The monoisotopic (exact) mass is 495 g/mol. The minimum absolute atomic E-state index is 0.103. The average molecular weight is 496 g/mol. The Kier molecular flexibility index (Phi) is 7.75. The first-order chi connectivity index (χ1) is 16.6. The fourth-order valence-corrected chi connectivity index (χ4v) is 4.10. The fraction of sp³-hybridized carbons (Fsp3) is 0.174. The number of carbonyl (C=O) groups excluding carboxylic acids is 3. The molecule has 0 atom stereocenters. The summed E-state index contributed by atoms with van der Waals surface area (Å²) < 4.78 is 32.3. The first kappa shape index (κ1) is 25.3. The Hall–Kier alpha value is -4.34. The van der Waals surface area contributed by atoms with E-state index >= 15 is 0 Å². The van der Waals surface area contributed by atoms with Gasteiger partial charge in [0.1, 0.15) is 18.2 Å². The van der Waals surface area contributed by atoms with E-state index in [9.17, 15) is 28.1 Å². The predicted octanol–water partition coefficient (Wildman–Crippen LogP) is 1.75. The number of nitrogens with zero attached hydrogens (tertiary/aromatic N) is 4. The molecule has 0 radical (unpaired) electrons. The summed E-state index contributed by atoms with van der Waals surface area (Å²) in [6, 6.07) is 16.0. The number of ketones is 1. The molecule has 180 valence electrons. The number of hydrogen-bond donors (Lipinski definition) is 1. The molecule has 0 saturated heterocycles. The average Bonchev–Trinajstić information content (AvgIpc) is 3.25. The lowest BCUT2D eigenvalue weighted by Crippen LogP contribution is -2.34. The smallest absolute Gasteiger partial charge is 0.321 e. The van der Waals surface area contributed by atoms with Crippen molar-refractivity contribution in [2.24, 2.45) is 0 Å². The van der Waals surface area contributed by atoms with Gasteiger partial charge in [-0.1, -0.05) is 30.3 Å². The number of hydrogen-bond acceptors (Lipinski definition) is 8. The topological polar surface area (TPSA) is 151 Å². The highest BCUT2D eigenvalue weighted by Gasteiger charge is 2.24. The number of Topliss-reactive ketones (excluding diaryl/α,β-unsaturated/α-hetero) is 1. The third-order valence-electron chi connectivity index (χ3n) is 4.83. The molecule has 2 aromatic carbocycles. The van der Waals surface area contributed by atoms with Crippen LogP contribution in [0.2, 0.25) is 0 Å². The van der Waals surface area contributed by atoms with Crippen LogP contribution in [0.1, 0.15) is 22.8 Å². The number of nitrogens with one attached hydrogen (secondary N) is 1. The van der Waals surface area contributed by atoms with Crippen molar-refractivity contribution in [2.75, 3.05) is 25.5 Å². The maximum atomic E-state index is 12.7. The van der Waals surface area contributed by atoms with Crippen molar-refractivity contribution in [2.45, 2.75) is 11.8 Å². The minimum Gasteiger partial charge on any atom is -0.455 e. The van der Waals surface area contributed by atoms with Crippen LogP contribution in [0, 0.1) is 11.3 Å². The number of likely N-dealkylation sites (N-methyl/N-ethyl adjacent to an activating group) is 1. The quantitative estimate of drug-likeness (QED) is 0.348. The van der Waals surface area contributed by atoms with Crippen LogP contribution in [0.3, 0.4) is 0 Å². The molecule has 3 aromatic rings. The Morgan fingerprint density at radius 2 is 1.77 bits per heavy atom. The molecule has 35 heavy (non-hydrogen) atoms. The van der Waals surface area contributed by atoms with E-state index in [1.54, 1.807) is 30.3 Å². The number of esters is 1. The van der Waals surface area contributed by atoms with Crippen molar-refractivity contribution in [3.63, 3.8) is 0 Å². The van der Waals surface area contributed by atoms with Gasteiger partial charge in [-0.3, -0.25) is 14.4 Å². The Morgan fingerprint density at radius 3 is 2.37 bits per heavy atom. The lowest BCUT2D eigenvalue weighted by Gasteiger charge is -2.16. The van der Waals surface area contributed by atoms with Gasteiger partial charge in [0, 0.05) is 12.6 Å². The van der Waals surface area contributed by atoms with E-state index in [2.05, 4.69) is 10.4 Å². The molecule has 0 bridgehead atoms. The first-order valence-corrected chi connectivity index (χ1v) is 11.6. The number of sulfonamides is 1. The first-order valence-electron chi connectivity index (χ1n) is 10.2. The summed E-state index contributed by atoms with van der Waals surface area (Å²) >= 11 is 0. The molecule has 1 N–H and O–H groups in total. The van der Waals surface area contributed by atoms with E-state index in [0.29, 0.717) is 11.3 Å². The summed E-state index contributed by atoms with van der Waals surface area (Å²) in [5.74, 6) is -1.80. The van der Waals surface area contributed by atoms with Crippen LogP contribution in [0.4, 0.5) is 5.82 Å². The van der Waals surface area contributed by atoms with Gasteiger partial charge >= 0.3 is 5.97 Å². The van der Waals surface area contributed by atoms with Gasteiger partial charge < -0.3 is 10.1 Å². The van der Waals surface area contributed by atoms with E-state index in [-0.39, 0.29) is 22.1 Å². The largest absolute Gasteiger partial charge is 0.455 e. The molecule has 0 aliphatic carbocycles. The molecule has 0 fully saturated rings. The molecule has 3 rings (SSSR count). The molecule has 0 spiro atoms. The van der Waals surface area contributed by atoms with Gasteiger partial charge in [-0.2, -0.15) is 14.7 Å².